The van der Waals surface area contributed by atoms with Gasteiger partial charge < -0.3 is 20.1 Å². The zero-order valence-electron chi connectivity index (χ0n) is 12.1. The monoisotopic (exact) mass is 278 g/mol. The van der Waals surface area contributed by atoms with Gasteiger partial charge in [0.05, 0.1) is 30.7 Å². The third-order valence-electron chi connectivity index (χ3n) is 3.71. The molecule has 1 unspecified atom stereocenters. The molecule has 0 aliphatic carbocycles. The minimum absolute atomic E-state index is 0.362. The van der Waals surface area contributed by atoms with Gasteiger partial charge in [0.1, 0.15) is 0 Å². The van der Waals surface area contributed by atoms with Gasteiger partial charge in [0.25, 0.3) is 0 Å². The smallest absolute Gasteiger partial charge is 0.337 e. The lowest BCUT2D eigenvalue weighted by Gasteiger charge is -2.34. The zero-order valence-corrected chi connectivity index (χ0v) is 12.1. The van der Waals surface area contributed by atoms with Crippen molar-refractivity contribution in [2.75, 3.05) is 44.5 Å². The normalized spacial score (nSPS) is 18.9. The predicted molar refractivity (Wildman–Crippen MR) is 79.0 cm³/mol. The first-order valence-electron chi connectivity index (χ1n) is 6.87. The molecule has 1 aromatic carbocycles. The Hall–Kier alpha value is -1.75. The van der Waals surface area contributed by atoms with E-state index in [1.807, 2.05) is 6.07 Å². The average molecular weight is 278 g/mol. The molecule has 110 valence electrons. The van der Waals surface area contributed by atoms with Crippen LogP contribution in [0.2, 0.25) is 0 Å². The van der Waals surface area contributed by atoms with Crippen molar-refractivity contribution in [3.05, 3.63) is 23.8 Å². The average Bonchev–Trinajstić information content (AvgIpc) is 2.47. The number of nitrogen functional groups attached to an aromatic ring is 1. The number of piperidine rings is 1. The highest BCUT2D eigenvalue weighted by molar-refractivity contribution is 5.92. The summed E-state index contributed by atoms with van der Waals surface area (Å²) in [6.45, 7) is 2.70. The van der Waals surface area contributed by atoms with Crippen LogP contribution in [0.5, 0.6) is 0 Å². The van der Waals surface area contributed by atoms with Gasteiger partial charge in [-0.2, -0.15) is 0 Å². The minimum atomic E-state index is -0.362. The molecule has 0 saturated carbocycles. The van der Waals surface area contributed by atoms with Crippen molar-refractivity contribution < 1.29 is 14.3 Å². The summed E-state index contributed by atoms with van der Waals surface area (Å²) in [5, 5.41) is 0. The van der Waals surface area contributed by atoms with Gasteiger partial charge >= 0.3 is 5.97 Å². The van der Waals surface area contributed by atoms with Crippen LogP contribution in [0.1, 0.15) is 23.2 Å². The minimum Gasteiger partial charge on any atom is -0.465 e. The Morgan fingerprint density at radius 3 is 2.90 bits per heavy atom. The summed E-state index contributed by atoms with van der Waals surface area (Å²) in [5.41, 5.74) is 8.17. The first-order valence-corrected chi connectivity index (χ1v) is 6.87. The van der Waals surface area contributed by atoms with Crippen LogP contribution in [-0.2, 0) is 9.47 Å². The Morgan fingerprint density at radius 2 is 2.25 bits per heavy atom. The number of carbonyl (C=O) groups excluding carboxylic acids is 1. The molecule has 1 heterocycles. The molecule has 1 aliphatic heterocycles. The van der Waals surface area contributed by atoms with E-state index in [1.54, 1.807) is 19.2 Å². The number of anilines is 2. The summed E-state index contributed by atoms with van der Waals surface area (Å²) in [6, 6.07) is 5.34. The number of hydrogen-bond donors (Lipinski definition) is 1. The number of carbonyl (C=O) groups is 1. The van der Waals surface area contributed by atoms with Crippen LogP contribution in [0, 0.1) is 5.92 Å². The molecule has 2 rings (SSSR count). The number of benzene rings is 1. The number of nitrogens with two attached hydrogens (primary N) is 1. The Balaban J connectivity index is 2.14. The number of esters is 1. The summed E-state index contributed by atoms with van der Waals surface area (Å²) in [5.74, 6) is 0.174. The Labute approximate surface area is 119 Å². The van der Waals surface area contributed by atoms with Crippen LogP contribution in [0.3, 0.4) is 0 Å². The quantitative estimate of drug-likeness (QED) is 0.673. The van der Waals surface area contributed by atoms with E-state index in [-0.39, 0.29) is 5.97 Å². The van der Waals surface area contributed by atoms with Crippen molar-refractivity contribution in [3.63, 3.8) is 0 Å². The van der Waals surface area contributed by atoms with Crippen LogP contribution in [0.25, 0.3) is 0 Å². The first kappa shape index (κ1) is 14.7. The summed E-state index contributed by atoms with van der Waals surface area (Å²) >= 11 is 0. The predicted octanol–water partition coefficient (Wildman–Crippen LogP) is 1.92. The third-order valence-corrected chi connectivity index (χ3v) is 3.71. The van der Waals surface area contributed by atoms with Gasteiger partial charge in [0.2, 0.25) is 0 Å². The van der Waals surface area contributed by atoms with Crippen LogP contribution in [-0.4, -0.2) is 39.9 Å². The van der Waals surface area contributed by atoms with Crippen LogP contribution in [0.15, 0.2) is 18.2 Å². The maximum atomic E-state index is 11.5. The van der Waals surface area contributed by atoms with E-state index < -0.39 is 0 Å². The molecule has 2 N–H and O–H groups in total. The van der Waals surface area contributed by atoms with Gasteiger partial charge in [0.15, 0.2) is 0 Å². The second kappa shape index (κ2) is 6.61. The molecular weight excluding hydrogens is 256 g/mol. The molecule has 0 bridgehead atoms. The topological polar surface area (TPSA) is 64.8 Å². The Bertz CT molecular complexity index is 474. The maximum Gasteiger partial charge on any atom is 0.337 e. The first-order chi connectivity index (χ1) is 9.65. The molecule has 20 heavy (non-hydrogen) atoms. The van der Waals surface area contributed by atoms with Crippen molar-refractivity contribution in [2.45, 2.75) is 12.8 Å². The molecule has 1 fully saturated rings. The summed E-state index contributed by atoms with van der Waals surface area (Å²) in [7, 11) is 3.10. The number of methoxy groups -OCH3 is 2. The molecule has 0 radical (unpaired) electrons. The molecule has 1 saturated heterocycles. The van der Waals surface area contributed by atoms with Gasteiger partial charge in [-0.25, -0.2) is 4.79 Å². The lowest BCUT2D eigenvalue weighted by molar-refractivity contribution is 0.0601. The number of nitrogens with zero attached hydrogens (tertiary/aromatic N) is 1. The second-order valence-corrected chi connectivity index (χ2v) is 5.17. The molecule has 5 heteroatoms. The lowest BCUT2D eigenvalue weighted by atomic mass is 9.98. The fraction of sp³-hybridized carbons (Fsp3) is 0.533. The fourth-order valence-corrected chi connectivity index (χ4v) is 2.74. The van der Waals surface area contributed by atoms with Crippen LogP contribution in [0.4, 0.5) is 11.4 Å². The van der Waals surface area contributed by atoms with E-state index in [0.29, 0.717) is 17.2 Å². The Kier molecular flexibility index (Phi) is 4.84. The molecule has 1 atom stereocenters. The number of hydrogen-bond acceptors (Lipinski definition) is 5. The van der Waals surface area contributed by atoms with Gasteiger partial charge in [0, 0.05) is 20.2 Å². The van der Waals surface area contributed by atoms with E-state index in [0.717, 1.165) is 31.8 Å². The molecular formula is C15H22N2O3. The van der Waals surface area contributed by atoms with E-state index in [4.69, 9.17) is 15.2 Å². The van der Waals surface area contributed by atoms with Crippen LogP contribution < -0.4 is 10.6 Å². The van der Waals surface area contributed by atoms with E-state index in [9.17, 15) is 4.79 Å². The van der Waals surface area contributed by atoms with Crippen molar-refractivity contribution in [2.24, 2.45) is 5.92 Å². The van der Waals surface area contributed by atoms with Crippen LogP contribution >= 0.6 is 0 Å². The van der Waals surface area contributed by atoms with E-state index in [2.05, 4.69) is 4.90 Å². The van der Waals surface area contributed by atoms with E-state index >= 15 is 0 Å². The van der Waals surface area contributed by atoms with Gasteiger partial charge in [-0.05, 0) is 37.0 Å². The Morgan fingerprint density at radius 1 is 1.45 bits per heavy atom. The van der Waals surface area contributed by atoms with Gasteiger partial charge in [-0.1, -0.05) is 0 Å². The SMILES string of the molecule is COCC1CCCN(c2ccc(C(=O)OC)cc2N)C1. The number of ether oxygens (including phenoxy) is 2. The highest BCUT2D eigenvalue weighted by atomic mass is 16.5. The summed E-state index contributed by atoms with van der Waals surface area (Å²) in [4.78, 5) is 13.7. The van der Waals surface area contributed by atoms with Crippen molar-refractivity contribution in [1.29, 1.82) is 0 Å². The standard InChI is InChI=1S/C15H22N2O3/c1-19-10-11-4-3-7-17(9-11)14-6-5-12(8-13(14)16)15(18)20-2/h5-6,8,11H,3-4,7,9-10,16H2,1-2H3. The molecule has 0 spiro atoms. The number of rotatable bonds is 4. The molecule has 0 amide bonds. The molecule has 1 aliphatic rings. The van der Waals surface area contributed by atoms with Gasteiger partial charge in [-0.15, -0.1) is 0 Å². The molecule has 0 aromatic heterocycles. The highest BCUT2D eigenvalue weighted by Gasteiger charge is 2.21. The maximum absolute atomic E-state index is 11.5. The second-order valence-electron chi connectivity index (χ2n) is 5.17. The largest absolute Gasteiger partial charge is 0.465 e. The molecule has 1 aromatic rings. The van der Waals surface area contributed by atoms with Crippen molar-refractivity contribution >= 4 is 17.3 Å². The lowest BCUT2D eigenvalue weighted by Crippen LogP contribution is -2.37. The highest BCUT2D eigenvalue weighted by Crippen LogP contribution is 2.29. The van der Waals surface area contributed by atoms with E-state index in [1.165, 1.54) is 13.5 Å². The van der Waals surface area contributed by atoms with Gasteiger partial charge in [-0.3, -0.25) is 0 Å². The van der Waals surface area contributed by atoms with Crippen molar-refractivity contribution in [1.82, 2.24) is 0 Å². The van der Waals surface area contributed by atoms with Crippen molar-refractivity contribution in [3.8, 4) is 0 Å². The zero-order chi connectivity index (χ0) is 14.5. The third kappa shape index (κ3) is 3.22. The summed E-state index contributed by atoms with van der Waals surface area (Å²) in [6.07, 6.45) is 2.32. The summed E-state index contributed by atoms with van der Waals surface area (Å²) < 4.78 is 9.94. The fourth-order valence-electron chi connectivity index (χ4n) is 2.74. The molecule has 5 nitrogen and oxygen atoms in total.